The normalized spacial score (nSPS) is 20.5. The highest BCUT2D eigenvalue weighted by Gasteiger charge is 2.47. The summed E-state index contributed by atoms with van der Waals surface area (Å²) in [6.07, 6.45) is -1.74. The standard InChI is InChI=1S/C23H21F3N4O/c24-23(25,26)20-13-18(15-7-2-1-3-8-15)28-21-17(14-27-30(20)21)22(31)29-12-6-10-16-9-4-5-11-19(16)29/h1-5,7-9,11,14,18,20,28H,6,10,12-13H2/t18-,20+/m1/s1. The molecule has 0 unspecified atom stereocenters. The molecule has 0 saturated carbocycles. The Bertz CT molecular complexity index is 1110. The van der Waals surface area contributed by atoms with Crippen molar-refractivity contribution in [3.05, 3.63) is 77.5 Å². The van der Waals surface area contributed by atoms with Crippen LogP contribution in [0.1, 0.15) is 46.4 Å². The molecule has 1 N–H and O–H groups in total. The largest absolute Gasteiger partial charge is 0.410 e. The topological polar surface area (TPSA) is 50.2 Å². The number of aromatic nitrogens is 2. The molecule has 1 aromatic heterocycles. The van der Waals surface area contributed by atoms with Gasteiger partial charge in [-0.05, 0) is 30.0 Å². The van der Waals surface area contributed by atoms with E-state index in [1.165, 1.54) is 6.20 Å². The highest BCUT2D eigenvalue weighted by molar-refractivity contribution is 6.09. The zero-order chi connectivity index (χ0) is 21.6. The number of para-hydroxylation sites is 1. The van der Waals surface area contributed by atoms with Crippen molar-refractivity contribution in [3.63, 3.8) is 0 Å². The lowest BCUT2D eigenvalue weighted by Crippen LogP contribution is -2.38. The van der Waals surface area contributed by atoms with Gasteiger partial charge in [0, 0.05) is 18.7 Å². The molecule has 0 saturated heterocycles. The summed E-state index contributed by atoms with van der Waals surface area (Å²) < 4.78 is 42.6. The van der Waals surface area contributed by atoms with Gasteiger partial charge in [-0.3, -0.25) is 4.79 Å². The van der Waals surface area contributed by atoms with Crippen LogP contribution in [0, 0.1) is 0 Å². The molecular formula is C23H21F3N4O. The number of rotatable bonds is 2. The number of carbonyl (C=O) groups is 1. The van der Waals surface area contributed by atoms with E-state index in [9.17, 15) is 18.0 Å². The average Bonchev–Trinajstić information content (AvgIpc) is 3.21. The Hall–Kier alpha value is -3.29. The third-order valence-corrected chi connectivity index (χ3v) is 6.03. The zero-order valence-electron chi connectivity index (χ0n) is 16.6. The molecule has 3 heterocycles. The highest BCUT2D eigenvalue weighted by Crippen LogP contribution is 2.44. The number of carbonyl (C=O) groups excluding carboxylic acids is 1. The van der Waals surface area contributed by atoms with Crippen molar-refractivity contribution in [1.82, 2.24) is 9.78 Å². The number of nitrogens with zero attached hydrogens (tertiary/aromatic N) is 3. The lowest BCUT2D eigenvalue weighted by atomic mass is 9.96. The fraction of sp³-hybridized carbons (Fsp3) is 0.304. The van der Waals surface area contributed by atoms with E-state index in [4.69, 9.17) is 0 Å². The van der Waals surface area contributed by atoms with Crippen molar-refractivity contribution >= 4 is 17.4 Å². The number of hydrogen-bond acceptors (Lipinski definition) is 3. The van der Waals surface area contributed by atoms with Crippen LogP contribution < -0.4 is 10.2 Å². The lowest BCUT2D eigenvalue weighted by Gasteiger charge is -2.34. The number of fused-ring (bicyclic) bond motifs is 2. The van der Waals surface area contributed by atoms with Crippen LogP contribution in [0.2, 0.25) is 0 Å². The molecule has 160 valence electrons. The molecule has 0 fully saturated rings. The van der Waals surface area contributed by atoms with Crippen molar-refractivity contribution in [1.29, 1.82) is 0 Å². The van der Waals surface area contributed by atoms with E-state index < -0.39 is 18.3 Å². The quantitative estimate of drug-likeness (QED) is 0.618. The van der Waals surface area contributed by atoms with Gasteiger partial charge in [0.05, 0.1) is 12.2 Å². The van der Waals surface area contributed by atoms with E-state index >= 15 is 0 Å². The summed E-state index contributed by atoms with van der Waals surface area (Å²) in [6, 6.07) is 14.3. The van der Waals surface area contributed by atoms with Crippen molar-refractivity contribution in [2.24, 2.45) is 0 Å². The summed E-state index contributed by atoms with van der Waals surface area (Å²) in [5.41, 5.74) is 2.77. The molecule has 31 heavy (non-hydrogen) atoms. The number of halogens is 3. The number of hydrogen-bond donors (Lipinski definition) is 1. The maximum absolute atomic E-state index is 13.9. The number of aryl methyl sites for hydroxylation is 1. The molecule has 8 heteroatoms. The van der Waals surface area contributed by atoms with Gasteiger partial charge < -0.3 is 10.2 Å². The molecule has 5 nitrogen and oxygen atoms in total. The first-order chi connectivity index (χ1) is 14.9. The summed E-state index contributed by atoms with van der Waals surface area (Å²) in [5.74, 6) is -0.217. The molecule has 3 aromatic rings. The molecule has 0 spiro atoms. The molecule has 2 aliphatic rings. The summed E-state index contributed by atoms with van der Waals surface area (Å²) >= 11 is 0. The zero-order valence-corrected chi connectivity index (χ0v) is 16.6. The van der Waals surface area contributed by atoms with E-state index in [1.54, 1.807) is 29.2 Å². The van der Waals surface area contributed by atoms with E-state index in [1.807, 2.05) is 30.3 Å². The van der Waals surface area contributed by atoms with Crippen LogP contribution in [0.15, 0.2) is 60.8 Å². The second kappa shape index (κ2) is 7.44. The third-order valence-electron chi connectivity index (χ3n) is 6.03. The van der Waals surface area contributed by atoms with Crippen LogP contribution in [0.3, 0.4) is 0 Å². The number of anilines is 2. The van der Waals surface area contributed by atoms with Crippen molar-refractivity contribution in [2.45, 2.75) is 37.5 Å². The Labute approximate surface area is 177 Å². The van der Waals surface area contributed by atoms with Gasteiger partial charge in [-0.1, -0.05) is 48.5 Å². The summed E-state index contributed by atoms with van der Waals surface area (Å²) in [4.78, 5) is 15.1. The van der Waals surface area contributed by atoms with E-state index in [-0.39, 0.29) is 23.7 Å². The Morgan fingerprint density at radius 3 is 2.58 bits per heavy atom. The first-order valence-electron chi connectivity index (χ1n) is 10.3. The molecule has 2 aromatic carbocycles. The van der Waals surface area contributed by atoms with Crippen LogP contribution >= 0.6 is 0 Å². The highest BCUT2D eigenvalue weighted by atomic mass is 19.4. The smallest absolute Gasteiger partial charge is 0.363 e. The SMILES string of the molecule is O=C(c1cnn2c1N[C@@H](c1ccccc1)C[C@H]2C(F)(F)F)N1CCCc2ccccc21. The number of benzene rings is 2. The van der Waals surface area contributed by atoms with Crippen molar-refractivity contribution in [2.75, 3.05) is 16.8 Å². The Morgan fingerprint density at radius 2 is 1.81 bits per heavy atom. The fourth-order valence-corrected chi connectivity index (χ4v) is 4.51. The van der Waals surface area contributed by atoms with Crippen LogP contribution in [0.4, 0.5) is 24.7 Å². The van der Waals surface area contributed by atoms with Gasteiger partial charge in [-0.15, -0.1) is 0 Å². The average molecular weight is 426 g/mol. The van der Waals surface area contributed by atoms with Gasteiger partial charge in [0.1, 0.15) is 11.4 Å². The fourth-order valence-electron chi connectivity index (χ4n) is 4.51. The van der Waals surface area contributed by atoms with Crippen LogP contribution in [0.5, 0.6) is 0 Å². The summed E-state index contributed by atoms with van der Waals surface area (Å²) in [6.45, 7) is 0.519. The molecule has 2 aliphatic heterocycles. The lowest BCUT2D eigenvalue weighted by molar-refractivity contribution is -0.173. The molecule has 0 bridgehead atoms. The molecule has 0 aliphatic carbocycles. The summed E-state index contributed by atoms with van der Waals surface area (Å²) in [5, 5.41) is 7.15. The minimum absolute atomic E-state index is 0.121. The second-order valence-corrected chi connectivity index (χ2v) is 7.94. The van der Waals surface area contributed by atoms with E-state index in [0.29, 0.717) is 6.54 Å². The Balaban J connectivity index is 1.55. The molecular weight excluding hydrogens is 405 g/mol. The molecule has 2 atom stereocenters. The van der Waals surface area contributed by atoms with Gasteiger partial charge in [-0.25, -0.2) is 4.68 Å². The minimum Gasteiger partial charge on any atom is -0.363 e. The maximum Gasteiger partial charge on any atom is 0.410 e. The van der Waals surface area contributed by atoms with Gasteiger partial charge in [-0.2, -0.15) is 18.3 Å². The van der Waals surface area contributed by atoms with E-state index in [0.717, 1.165) is 34.3 Å². The van der Waals surface area contributed by atoms with Gasteiger partial charge in [0.2, 0.25) is 0 Å². The Morgan fingerprint density at radius 1 is 1.06 bits per heavy atom. The van der Waals surface area contributed by atoms with Crippen LogP contribution in [-0.2, 0) is 6.42 Å². The van der Waals surface area contributed by atoms with Crippen molar-refractivity contribution in [3.8, 4) is 0 Å². The minimum atomic E-state index is -4.48. The monoisotopic (exact) mass is 426 g/mol. The Kier molecular flexibility index (Phi) is 4.72. The van der Waals surface area contributed by atoms with Crippen molar-refractivity contribution < 1.29 is 18.0 Å². The summed E-state index contributed by atoms with van der Waals surface area (Å²) in [7, 11) is 0. The second-order valence-electron chi connectivity index (χ2n) is 7.94. The first kappa shape index (κ1) is 19.7. The van der Waals surface area contributed by atoms with Crippen LogP contribution in [-0.4, -0.2) is 28.4 Å². The third kappa shape index (κ3) is 3.45. The number of amides is 1. The maximum atomic E-state index is 13.9. The van der Waals surface area contributed by atoms with Crippen LogP contribution in [0.25, 0.3) is 0 Å². The molecule has 1 amide bonds. The van der Waals surface area contributed by atoms with Gasteiger partial charge in [0.15, 0.2) is 6.04 Å². The van der Waals surface area contributed by atoms with Gasteiger partial charge in [0.25, 0.3) is 5.91 Å². The first-order valence-corrected chi connectivity index (χ1v) is 10.3. The predicted molar refractivity (Wildman–Crippen MR) is 111 cm³/mol. The van der Waals surface area contributed by atoms with Gasteiger partial charge >= 0.3 is 6.18 Å². The molecule has 0 radical (unpaired) electrons. The number of alkyl halides is 3. The van der Waals surface area contributed by atoms with E-state index in [2.05, 4.69) is 10.4 Å². The predicted octanol–water partition coefficient (Wildman–Crippen LogP) is 5.14. The molecule has 5 rings (SSSR count). The number of nitrogens with one attached hydrogen (secondary N) is 1.